The second-order valence-electron chi connectivity index (χ2n) is 6.56. The lowest BCUT2D eigenvalue weighted by molar-refractivity contribution is 0.315. The van der Waals surface area contributed by atoms with Gasteiger partial charge in [0.25, 0.3) is 0 Å². The van der Waals surface area contributed by atoms with E-state index in [4.69, 9.17) is 5.73 Å². The Morgan fingerprint density at radius 3 is 2.57 bits per heavy atom. The topological polar surface area (TPSA) is 63.4 Å². The molecule has 0 aromatic heterocycles. The van der Waals surface area contributed by atoms with Gasteiger partial charge >= 0.3 is 0 Å². The molecule has 1 heterocycles. The summed E-state index contributed by atoms with van der Waals surface area (Å²) in [6.45, 7) is 7.36. The average Bonchev–Trinajstić information content (AvgIpc) is 2.55. The van der Waals surface area contributed by atoms with Crippen molar-refractivity contribution in [2.24, 2.45) is 5.41 Å². The molecule has 1 aromatic rings. The van der Waals surface area contributed by atoms with Crippen molar-refractivity contribution in [3.8, 4) is 0 Å². The van der Waals surface area contributed by atoms with E-state index >= 15 is 0 Å². The molecule has 0 radical (unpaired) electrons. The molecule has 1 aromatic carbocycles. The third-order valence-corrected chi connectivity index (χ3v) is 6.94. The highest BCUT2D eigenvalue weighted by molar-refractivity contribution is 9.10. The van der Waals surface area contributed by atoms with Gasteiger partial charge in [-0.1, -0.05) is 13.8 Å². The molecule has 0 atom stereocenters. The van der Waals surface area contributed by atoms with Crippen LogP contribution in [0, 0.1) is 12.3 Å². The van der Waals surface area contributed by atoms with Crippen molar-refractivity contribution in [3.63, 3.8) is 0 Å². The van der Waals surface area contributed by atoms with Crippen molar-refractivity contribution in [3.05, 3.63) is 22.2 Å². The van der Waals surface area contributed by atoms with Crippen LogP contribution < -0.4 is 5.73 Å². The molecular formula is C15H23BrN2O2S. The number of benzene rings is 1. The van der Waals surface area contributed by atoms with Crippen LogP contribution in [0.3, 0.4) is 0 Å². The minimum absolute atomic E-state index is 0.206. The molecule has 0 spiro atoms. The molecule has 2 rings (SSSR count). The number of sulfonamides is 1. The van der Waals surface area contributed by atoms with Crippen molar-refractivity contribution in [2.45, 2.75) is 44.9 Å². The maximum absolute atomic E-state index is 12.9. The number of nitrogens with two attached hydrogens (primary N) is 1. The van der Waals surface area contributed by atoms with Crippen LogP contribution >= 0.6 is 15.9 Å². The molecule has 4 nitrogen and oxygen atoms in total. The third-order valence-electron chi connectivity index (χ3n) is 4.21. The van der Waals surface area contributed by atoms with E-state index in [0.29, 0.717) is 23.7 Å². The van der Waals surface area contributed by atoms with Gasteiger partial charge in [-0.05, 0) is 65.2 Å². The van der Waals surface area contributed by atoms with E-state index < -0.39 is 10.0 Å². The van der Waals surface area contributed by atoms with Gasteiger partial charge in [0, 0.05) is 23.2 Å². The third kappa shape index (κ3) is 3.60. The SMILES string of the molecule is Cc1cc(Br)c(N)cc1S(=O)(=O)N1CCCC(C)(C)CC1. The molecule has 1 saturated heterocycles. The van der Waals surface area contributed by atoms with Crippen LogP contribution in [0.15, 0.2) is 21.5 Å². The lowest BCUT2D eigenvalue weighted by atomic mass is 9.85. The summed E-state index contributed by atoms with van der Waals surface area (Å²) >= 11 is 3.34. The highest BCUT2D eigenvalue weighted by atomic mass is 79.9. The Bertz CT molecular complexity index is 641. The second kappa shape index (κ2) is 5.89. The fourth-order valence-electron chi connectivity index (χ4n) is 2.72. The summed E-state index contributed by atoms with van der Waals surface area (Å²) in [7, 11) is -3.47. The zero-order valence-corrected chi connectivity index (χ0v) is 15.2. The van der Waals surface area contributed by atoms with Gasteiger partial charge in [0.1, 0.15) is 0 Å². The highest BCUT2D eigenvalue weighted by Gasteiger charge is 2.31. The summed E-state index contributed by atoms with van der Waals surface area (Å²) in [5.41, 5.74) is 7.24. The van der Waals surface area contributed by atoms with Gasteiger partial charge in [-0.25, -0.2) is 8.42 Å². The Hall–Kier alpha value is -0.590. The first kappa shape index (κ1) is 16.8. The number of aryl methyl sites for hydroxylation is 1. The largest absolute Gasteiger partial charge is 0.398 e. The molecule has 1 aliphatic rings. The molecule has 0 unspecified atom stereocenters. The van der Waals surface area contributed by atoms with E-state index in [1.807, 2.05) is 0 Å². The van der Waals surface area contributed by atoms with E-state index in [-0.39, 0.29) is 5.41 Å². The predicted octanol–water partition coefficient (Wildman–Crippen LogP) is 3.54. The zero-order valence-electron chi connectivity index (χ0n) is 12.8. The first-order valence-electron chi connectivity index (χ1n) is 7.19. The molecule has 1 aliphatic heterocycles. The minimum Gasteiger partial charge on any atom is -0.398 e. The van der Waals surface area contributed by atoms with Gasteiger partial charge in [-0.2, -0.15) is 4.31 Å². The van der Waals surface area contributed by atoms with Crippen LogP contribution in [0.4, 0.5) is 5.69 Å². The fourth-order valence-corrected chi connectivity index (χ4v) is 4.90. The lowest BCUT2D eigenvalue weighted by Crippen LogP contribution is -2.33. The summed E-state index contributed by atoms with van der Waals surface area (Å²) < 4.78 is 28.1. The average molecular weight is 375 g/mol. The molecule has 0 saturated carbocycles. The summed E-state index contributed by atoms with van der Waals surface area (Å²) in [4.78, 5) is 0.322. The summed E-state index contributed by atoms with van der Waals surface area (Å²) in [5, 5.41) is 0. The number of nitrogens with zero attached hydrogens (tertiary/aromatic N) is 1. The maximum Gasteiger partial charge on any atom is 0.243 e. The van der Waals surface area contributed by atoms with Crippen LogP contribution in [0.2, 0.25) is 0 Å². The first-order valence-corrected chi connectivity index (χ1v) is 9.43. The number of hydrogen-bond donors (Lipinski definition) is 1. The Kier molecular flexibility index (Phi) is 4.71. The number of hydrogen-bond acceptors (Lipinski definition) is 3. The monoisotopic (exact) mass is 374 g/mol. The summed E-state index contributed by atoms with van der Waals surface area (Å²) in [5.74, 6) is 0. The fraction of sp³-hybridized carbons (Fsp3) is 0.600. The standard InChI is InChI=1S/C15H23BrN2O2S/c1-11-9-12(16)13(17)10-14(11)21(19,20)18-7-4-5-15(2,3)6-8-18/h9-10H,4-8,17H2,1-3H3. The van der Waals surface area contributed by atoms with Crippen LogP contribution in [0.25, 0.3) is 0 Å². The molecule has 21 heavy (non-hydrogen) atoms. The minimum atomic E-state index is -3.47. The molecule has 6 heteroatoms. The van der Waals surface area contributed by atoms with Crippen LogP contribution in [-0.4, -0.2) is 25.8 Å². The summed E-state index contributed by atoms with van der Waals surface area (Å²) in [6.07, 6.45) is 2.84. The quantitative estimate of drug-likeness (QED) is 0.805. The Labute approximate surface area is 135 Å². The lowest BCUT2D eigenvalue weighted by Gasteiger charge is -2.24. The van der Waals surface area contributed by atoms with Gasteiger partial charge in [-0.15, -0.1) is 0 Å². The Balaban J connectivity index is 2.36. The Morgan fingerprint density at radius 2 is 1.90 bits per heavy atom. The van der Waals surface area contributed by atoms with Crippen molar-refractivity contribution < 1.29 is 8.42 Å². The normalized spacial score (nSPS) is 20.2. The van der Waals surface area contributed by atoms with E-state index in [9.17, 15) is 8.42 Å². The number of halogens is 1. The smallest absolute Gasteiger partial charge is 0.243 e. The number of anilines is 1. The predicted molar refractivity (Wildman–Crippen MR) is 89.7 cm³/mol. The molecule has 0 amide bonds. The summed E-state index contributed by atoms with van der Waals surface area (Å²) in [6, 6.07) is 3.33. The molecule has 118 valence electrons. The Morgan fingerprint density at radius 1 is 1.24 bits per heavy atom. The van der Waals surface area contributed by atoms with E-state index in [1.54, 1.807) is 23.4 Å². The van der Waals surface area contributed by atoms with Crippen molar-refractivity contribution >= 4 is 31.6 Å². The molecular weight excluding hydrogens is 352 g/mol. The van der Waals surface area contributed by atoms with Crippen LogP contribution in [0.1, 0.15) is 38.7 Å². The first-order chi connectivity index (χ1) is 9.63. The second-order valence-corrected chi connectivity index (χ2v) is 9.32. The number of nitrogen functional groups attached to an aromatic ring is 1. The van der Waals surface area contributed by atoms with E-state index in [1.165, 1.54) is 0 Å². The van der Waals surface area contributed by atoms with Gasteiger partial charge in [-0.3, -0.25) is 0 Å². The molecule has 0 bridgehead atoms. The van der Waals surface area contributed by atoms with E-state index in [2.05, 4.69) is 29.8 Å². The van der Waals surface area contributed by atoms with Crippen LogP contribution in [0.5, 0.6) is 0 Å². The van der Waals surface area contributed by atoms with Gasteiger partial charge in [0.05, 0.1) is 4.90 Å². The number of rotatable bonds is 2. The molecule has 0 aliphatic carbocycles. The van der Waals surface area contributed by atoms with Crippen molar-refractivity contribution in [1.82, 2.24) is 4.31 Å². The maximum atomic E-state index is 12.9. The van der Waals surface area contributed by atoms with Gasteiger partial charge < -0.3 is 5.73 Å². The van der Waals surface area contributed by atoms with Gasteiger partial charge in [0.15, 0.2) is 0 Å². The van der Waals surface area contributed by atoms with Crippen molar-refractivity contribution in [2.75, 3.05) is 18.8 Å². The molecule has 1 fully saturated rings. The van der Waals surface area contributed by atoms with E-state index in [0.717, 1.165) is 29.3 Å². The van der Waals surface area contributed by atoms with Gasteiger partial charge in [0.2, 0.25) is 10.0 Å². The van der Waals surface area contributed by atoms with Crippen molar-refractivity contribution in [1.29, 1.82) is 0 Å². The zero-order chi connectivity index (χ0) is 15.8. The highest BCUT2D eigenvalue weighted by Crippen LogP contribution is 2.33. The molecule has 2 N–H and O–H groups in total. The van der Waals surface area contributed by atoms with Crippen LogP contribution in [-0.2, 0) is 10.0 Å².